The monoisotopic (exact) mass is 272 g/mol. The molecule has 0 fully saturated rings. The highest BCUT2D eigenvalue weighted by molar-refractivity contribution is 7.89. The lowest BCUT2D eigenvalue weighted by molar-refractivity contribution is 0.582. The third-order valence-electron chi connectivity index (χ3n) is 2.20. The van der Waals surface area contributed by atoms with E-state index in [1.54, 1.807) is 0 Å². The molecule has 0 radical (unpaired) electrons. The molecular weight excluding hydrogens is 256 g/mol. The summed E-state index contributed by atoms with van der Waals surface area (Å²) in [5, 5.41) is 0. The molecule has 0 bridgehead atoms. The molecule has 6 heteroatoms. The maximum Gasteiger partial charge on any atom is 0.211 e. The summed E-state index contributed by atoms with van der Waals surface area (Å²) in [6.45, 7) is 0.270. The van der Waals surface area contributed by atoms with Crippen molar-refractivity contribution < 1.29 is 8.42 Å². The fraction of sp³-hybridized carbons (Fsp3) is 0.364. The number of hydrogen-bond donors (Lipinski definition) is 2. The second kappa shape index (κ2) is 6.68. The number of hydrogen-bond acceptors (Lipinski definition) is 3. The van der Waals surface area contributed by atoms with Gasteiger partial charge in [0.15, 0.2) is 0 Å². The molecule has 94 valence electrons. The van der Waals surface area contributed by atoms with Crippen molar-refractivity contribution >= 4 is 27.2 Å². The van der Waals surface area contributed by atoms with E-state index < -0.39 is 10.0 Å². The Bertz CT molecular complexity index is 458. The van der Waals surface area contributed by atoms with Crippen LogP contribution in [-0.2, 0) is 16.4 Å². The van der Waals surface area contributed by atoms with Crippen LogP contribution in [0, 0.1) is 0 Å². The highest BCUT2D eigenvalue weighted by atomic mass is 32.2. The molecule has 0 unspecified atom stereocenters. The van der Waals surface area contributed by atoms with Gasteiger partial charge in [0, 0.05) is 13.0 Å². The normalized spacial score (nSPS) is 11.3. The fourth-order valence-electron chi connectivity index (χ4n) is 1.30. The fourth-order valence-corrected chi connectivity index (χ4v) is 2.46. The Hall–Kier alpha value is -0.980. The van der Waals surface area contributed by atoms with Gasteiger partial charge in [-0.15, -0.1) is 0 Å². The Morgan fingerprint density at radius 1 is 1.29 bits per heavy atom. The second-order valence-electron chi connectivity index (χ2n) is 3.67. The first kappa shape index (κ1) is 14.1. The van der Waals surface area contributed by atoms with Crippen molar-refractivity contribution in [3.05, 3.63) is 35.9 Å². The first-order valence-electron chi connectivity index (χ1n) is 5.29. The summed E-state index contributed by atoms with van der Waals surface area (Å²) < 4.78 is 25.6. The SMILES string of the molecule is NC(=S)CCNS(=O)(=O)CCc1ccccc1. The van der Waals surface area contributed by atoms with Crippen LogP contribution in [0.3, 0.4) is 0 Å². The smallest absolute Gasteiger partial charge is 0.211 e. The van der Waals surface area contributed by atoms with E-state index in [0.29, 0.717) is 17.8 Å². The zero-order chi connectivity index (χ0) is 12.7. The molecule has 1 aromatic carbocycles. The van der Waals surface area contributed by atoms with Crippen molar-refractivity contribution in [2.24, 2.45) is 5.73 Å². The molecule has 0 spiro atoms. The summed E-state index contributed by atoms with van der Waals surface area (Å²) in [5.74, 6) is 0.0777. The molecule has 0 aromatic heterocycles. The van der Waals surface area contributed by atoms with E-state index in [0.717, 1.165) is 5.56 Å². The molecule has 0 saturated carbocycles. The van der Waals surface area contributed by atoms with Gasteiger partial charge in [-0.3, -0.25) is 0 Å². The van der Waals surface area contributed by atoms with Gasteiger partial charge in [-0.2, -0.15) is 0 Å². The van der Waals surface area contributed by atoms with Crippen molar-refractivity contribution in [3.8, 4) is 0 Å². The van der Waals surface area contributed by atoms with Crippen molar-refractivity contribution in [3.63, 3.8) is 0 Å². The average Bonchev–Trinajstić information content (AvgIpc) is 2.27. The molecule has 0 saturated heterocycles. The Labute approximate surface area is 107 Å². The molecule has 0 aliphatic carbocycles. The summed E-state index contributed by atoms with van der Waals surface area (Å²) in [6.07, 6.45) is 0.892. The van der Waals surface area contributed by atoms with Crippen LogP contribution in [0.25, 0.3) is 0 Å². The molecule has 0 amide bonds. The number of thiocarbonyl (C=S) groups is 1. The number of nitrogens with two attached hydrogens (primary N) is 1. The molecule has 0 aliphatic heterocycles. The molecule has 1 rings (SSSR count). The van der Waals surface area contributed by atoms with E-state index in [2.05, 4.69) is 16.9 Å². The largest absolute Gasteiger partial charge is 0.393 e. The van der Waals surface area contributed by atoms with Gasteiger partial charge in [0.05, 0.1) is 10.7 Å². The minimum absolute atomic E-state index is 0.0777. The topological polar surface area (TPSA) is 72.2 Å². The minimum atomic E-state index is -3.24. The van der Waals surface area contributed by atoms with Gasteiger partial charge in [0.25, 0.3) is 0 Å². The number of aryl methyl sites for hydroxylation is 1. The summed E-state index contributed by atoms with van der Waals surface area (Å²) >= 11 is 4.67. The van der Waals surface area contributed by atoms with Crippen LogP contribution in [0.4, 0.5) is 0 Å². The van der Waals surface area contributed by atoms with E-state index in [4.69, 9.17) is 5.73 Å². The van der Waals surface area contributed by atoms with Crippen molar-refractivity contribution in [2.75, 3.05) is 12.3 Å². The van der Waals surface area contributed by atoms with Gasteiger partial charge in [-0.25, -0.2) is 13.1 Å². The van der Waals surface area contributed by atoms with Crippen LogP contribution in [0.1, 0.15) is 12.0 Å². The first-order valence-corrected chi connectivity index (χ1v) is 7.35. The second-order valence-corrected chi connectivity index (χ2v) is 6.12. The van der Waals surface area contributed by atoms with E-state index in [1.165, 1.54) is 0 Å². The summed E-state index contributed by atoms with van der Waals surface area (Å²) in [7, 11) is -3.24. The quantitative estimate of drug-likeness (QED) is 0.721. The lowest BCUT2D eigenvalue weighted by Crippen LogP contribution is -2.30. The number of benzene rings is 1. The van der Waals surface area contributed by atoms with E-state index in [-0.39, 0.29) is 12.3 Å². The van der Waals surface area contributed by atoms with Gasteiger partial charge in [-0.05, 0) is 12.0 Å². The Morgan fingerprint density at radius 2 is 1.94 bits per heavy atom. The molecule has 1 aromatic rings. The molecule has 0 aliphatic rings. The van der Waals surface area contributed by atoms with Gasteiger partial charge < -0.3 is 5.73 Å². The van der Waals surface area contributed by atoms with Crippen LogP contribution in [0.5, 0.6) is 0 Å². The van der Waals surface area contributed by atoms with Crippen LogP contribution in [0.15, 0.2) is 30.3 Å². The third-order valence-corrected chi connectivity index (χ3v) is 3.79. The highest BCUT2D eigenvalue weighted by Gasteiger charge is 2.09. The van der Waals surface area contributed by atoms with E-state index in [1.807, 2.05) is 30.3 Å². The lowest BCUT2D eigenvalue weighted by Gasteiger charge is -2.06. The Morgan fingerprint density at radius 3 is 2.53 bits per heavy atom. The standard InChI is InChI=1S/C11H16N2O2S2/c12-11(16)6-8-13-17(14,15)9-7-10-4-2-1-3-5-10/h1-5,13H,6-9H2,(H2,12,16). The average molecular weight is 272 g/mol. The predicted octanol–water partition coefficient (Wildman–Crippen LogP) is 0.825. The maximum atomic E-state index is 11.6. The third kappa shape index (κ3) is 6.35. The number of nitrogens with one attached hydrogen (secondary N) is 1. The van der Waals surface area contributed by atoms with E-state index in [9.17, 15) is 8.42 Å². The van der Waals surface area contributed by atoms with Gasteiger partial charge in [0.1, 0.15) is 0 Å². The Kier molecular flexibility index (Phi) is 5.54. The molecule has 17 heavy (non-hydrogen) atoms. The van der Waals surface area contributed by atoms with Crippen molar-refractivity contribution in [1.82, 2.24) is 4.72 Å². The van der Waals surface area contributed by atoms with Crippen molar-refractivity contribution in [2.45, 2.75) is 12.8 Å². The molecule has 0 heterocycles. The maximum absolute atomic E-state index is 11.6. The van der Waals surface area contributed by atoms with Crippen LogP contribution < -0.4 is 10.5 Å². The summed E-state index contributed by atoms with van der Waals surface area (Å²) in [4.78, 5) is 0.316. The first-order chi connectivity index (χ1) is 7.99. The summed E-state index contributed by atoms with van der Waals surface area (Å²) in [5.41, 5.74) is 6.29. The number of rotatable bonds is 7. The van der Waals surface area contributed by atoms with Crippen LogP contribution in [0.2, 0.25) is 0 Å². The van der Waals surface area contributed by atoms with Crippen LogP contribution in [-0.4, -0.2) is 25.7 Å². The Balaban J connectivity index is 2.37. The molecular formula is C11H16N2O2S2. The van der Waals surface area contributed by atoms with Gasteiger partial charge in [-0.1, -0.05) is 42.5 Å². The van der Waals surface area contributed by atoms with Gasteiger partial charge >= 0.3 is 0 Å². The summed E-state index contributed by atoms with van der Waals surface area (Å²) in [6, 6.07) is 9.50. The van der Waals surface area contributed by atoms with Gasteiger partial charge in [0.2, 0.25) is 10.0 Å². The highest BCUT2D eigenvalue weighted by Crippen LogP contribution is 2.01. The number of sulfonamides is 1. The lowest BCUT2D eigenvalue weighted by atomic mass is 10.2. The minimum Gasteiger partial charge on any atom is -0.393 e. The van der Waals surface area contributed by atoms with Crippen molar-refractivity contribution in [1.29, 1.82) is 0 Å². The zero-order valence-electron chi connectivity index (χ0n) is 9.43. The zero-order valence-corrected chi connectivity index (χ0v) is 11.1. The molecule has 3 N–H and O–H groups in total. The predicted molar refractivity (Wildman–Crippen MR) is 73.3 cm³/mol. The van der Waals surface area contributed by atoms with E-state index >= 15 is 0 Å². The molecule has 4 nitrogen and oxygen atoms in total. The molecule has 0 atom stereocenters. The van der Waals surface area contributed by atoms with Crippen LogP contribution >= 0.6 is 12.2 Å².